The summed E-state index contributed by atoms with van der Waals surface area (Å²) in [5.74, 6) is 0. The molecule has 3 rings (SSSR count). The Morgan fingerprint density at radius 3 is 2.75 bits per heavy atom. The van der Waals surface area contributed by atoms with Gasteiger partial charge in [-0.1, -0.05) is 6.07 Å². The van der Waals surface area contributed by atoms with Crippen molar-refractivity contribution in [2.24, 2.45) is 0 Å². The SMILES string of the molecule is N#CC1CCCCN1S(=O)(=O)c1ccc2c(c1)CCC2. The maximum atomic E-state index is 12.7. The number of benzene rings is 1. The van der Waals surface area contributed by atoms with Crippen molar-refractivity contribution < 1.29 is 8.42 Å². The van der Waals surface area contributed by atoms with Gasteiger partial charge in [0.05, 0.1) is 11.0 Å². The number of sulfonamides is 1. The molecule has 0 spiro atoms. The molecular weight excluding hydrogens is 272 g/mol. The number of piperidine rings is 1. The molecule has 2 aliphatic rings. The Balaban J connectivity index is 1.97. The van der Waals surface area contributed by atoms with Crippen LogP contribution in [0.5, 0.6) is 0 Å². The third kappa shape index (κ3) is 2.23. The average Bonchev–Trinajstić information content (AvgIpc) is 2.94. The van der Waals surface area contributed by atoms with Gasteiger partial charge in [0.25, 0.3) is 0 Å². The molecule has 1 aliphatic heterocycles. The Labute approximate surface area is 120 Å². The smallest absolute Gasteiger partial charge is 0.207 e. The predicted molar refractivity (Wildman–Crippen MR) is 75.6 cm³/mol. The molecule has 1 fully saturated rings. The summed E-state index contributed by atoms with van der Waals surface area (Å²) < 4.78 is 26.8. The summed E-state index contributed by atoms with van der Waals surface area (Å²) in [6.07, 6.45) is 5.50. The molecule has 1 aromatic rings. The lowest BCUT2D eigenvalue weighted by molar-refractivity contribution is 0.297. The van der Waals surface area contributed by atoms with Crippen molar-refractivity contribution in [3.63, 3.8) is 0 Å². The highest BCUT2D eigenvalue weighted by atomic mass is 32.2. The Morgan fingerprint density at radius 2 is 1.95 bits per heavy atom. The molecule has 1 atom stereocenters. The summed E-state index contributed by atoms with van der Waals surface area (Å²) in [4.78, 5) is 0.348. The number of nitrogens with zero attached hydrogens (tertiary/aromatic N) is 2. The lowest BCUT2D eigenvalue weighted by atomic mass is 10.1. The van der Waals surface area contributed by atoms with Gasteiger partial charge in [-0.3, -0.25) is 0 Å². The maximum Gasteiger partial charge on any atom is 0.244 e. The zero-order valence-corrected chi connectivity index (χ0v) is 12.2. The first kappa shape index (κ1) is 13.6. The Hall–Kier alpha value is -1.38. The zero-order chi connectivity index (χ0) is 14.2. The van der Waals surface area contributed by atoms with Crippen LogP contribution in [0.2, 0.25) is 0 Å². The molecule has 0 bridgehead atoms. The van der Waals surface area contributed by atoms with Crippen molar-refractivity contribution in [3.8, 4) is 6.07 Å². The van der Waals surface area contributed by atoms with Crippen LogP contribution in [-0.2, 0) is 22.9 Å². The molecule has 0 radical (unpaired) electrons. The van der Waals surface area contributed by atoms with E-state index in [4.69, 9.17) is 0 Å². The molecule has 1 heterocycles. The first-order chi connectivity index (χ1) is 9.63. The minimum Gasteiger partial charge on any atom is -0.207 e. The van der Waals surface area contributed by atoms with Crippen molar-refractivity contribution >= 4 is 10.0 Å². The highest BCUT2D eigenvalue weighted by molar-refractivity contribution is 7.89. The van der Waals surface area contributed by atoms with Gasteiger partial charge in [-0.15, -0.1) is 0 Å². The summed E-state index contributed by atoms with van der Waals surface area (Å²) in [5.41, 5.74) is 2.41. The molecule has 20 heavy (non-hydrogen) atoms. The van der Waals surface area contributed by atoms with Gasteiger partial charge in [-0.2, -0.15) is 9.57 Å². The predicted octanol–water partition coefficient (Wildman–Crippen LogP) is 2.24. The molecule has 1 saturated heterocycles. The molecule has 0 amide bonds. The molecule has 0 N–H and O–H groups in total. The molecule has 0 aromatic heterocycles. The normalized spacial score (nSPS) is 23.2. The number of fused-ring (bicyclic) bond motifs is 1. The number of aryl methyl sites for hydroxylation is 2. The first-order valence-electron chi connectivity index (χ1n) is 7.16. The first-order valence-corrected chi connectivity index (χ1v) is 8.60. The van der Waals surface area contributed by atoms with E-state index < -0.39 is 16.1 Å². The van der Waals surface area contributed by atoms with Gasteiger partial charge in [0.2, 0.25) is 10.0 Å². The fourth-order valence-electron chi connectivity index (χ4n) is 3.17. The van der Waals surface area contributed by atoms with Crippen molar-refractivity contribution in [1.29, 1.82) is 5.26 Å². The number of hydrogen-bond donors (Lipinski definition) is 0. The number of hydrogen-bond acceptors (Lipinski definition) is 3. The third-order valence-corrected chi connectivity index (χ3v) is 6.18. The number of rotatable bonds is 2. The Bertz CT molecular complexity index is 661. The minimum absolute atomic E-state index is 0.348. The van der Waals surface area contributed by atoms with Crippen LogP contribution in [0.15, 0.2) is 23.1 Å². The molecule has 1 aromatic carbocycles. The maximum absolute atomic E-state index is 12.7. The van der Waals surface area contributed by atoms with Crippen molar-refractivity contribution in [3.05, 3.63) is 29.3 Å². The van der Waals surface area contributed by atoms with Crippen LogP contribution in [0.1, 0.15) is 36.8 Å². The van der Waals surface area contributed by atoms with E-state index >= 15 is 0 Å². The van der Waals surface area contributed by atoms with Gasteiger partial charge < -0.3 is 0 Å². The minimum atomic E-state index is -3.53. The summed E-state index contributed by atoms with van der Waals surface area (Å²) in [7, 11) is -3.53. The summed E-state index contributed by atoms with van der Waals surface area (Å²) in [5, 5.41) is 9.17. The Morgan fingerprint density at radius 1 is 1.15 bits per heavy atom. The van der Waals surface area contributed by atoms with Gasteiger partial charge in [0.1, 0.15) is 6.04 Å². The van der Waals surface area contributed by atoms with Gasteiger partial charge in [0, 0.05) is 6.54 Å². The van der Waals surface area contributed by atoms with Crippen LogP contribution in [0.25, 0.3) is 0 Å². The van der Waals surface area contributed by atoms with Gasteiger partial charge in [-0.25, -0.2) is 8.42 Å². The molecule has 1 unspecified atom stereocenters. The van der Waals surface area contributed by atoms with E-state index in [9.17, 15) is 13.7 Å². The van der Waals surface area contributed by atoms with Gasteiger partial charge >= 0.3 is 0 Å². The van der Waals surface area contributed by atoms with Crippen LogP contribution >= 0.6 is 0 Å². The zero-order valence-electron chi connectivity index (χ0n) is 11.4. The van der Waals surface area contributed by atoms with E-state index in [0.717, 1.165) is 37.7 Å². The van der Waals surface area contributed by atoms with E-state index in [0.29, 0.717) is 17.9 Å². The van der Waals surface area contributed by atoms with Gasteiger partial charge in [-0.05, 0) is 61.8 Å². The van der Waals surface area contributed by atoms with Crippen LogP contribution in [0, 0.1) is 11.3 Å². The monoisotopic (exact) mass is 290 g/mol. The molecule has 5 heteroatoms. The second-order valence-corrected chi connectivity index (χ2v) is 7.43. The second kappa shape index (κ2) is 5.19. The average molecular weight is 290 g/mol. The highest BCUT2D eigenvalue weighted by Gasteiger charge is 2.33. The summed E-state index contributed by atoms with van der Waals surface area (Å²) in [6, 6.07) is 7.05. The van der Waals surface area contributed by atoms with Crippen molar-refractivity contribution in [2.45, 2.75) is 49.5 Å². The Kier molecular flexibility index (Phi) is 3.53. The van der Waals surface area contributed by atoms with Crippen LogP contribution < -0.4 is 0 Å². The quantitative estimate of drug-likeness (QED) is 0.839. The fourth-order valence-corrected chi connectivity index (χ4v) is 4.82. The second-order valence-electron chi connectivity index (χ2n) is 5.54. The fraction of sp³-hybridized carbons (Fsp3) is 0.533. The van der Waals surface area contributed by atoms with Gasteiger partial charge in [0.15, 0.2) is 0 Å². The standard InChI is InChI=1S/C15H18N2O2S/c16-11-14-6-1-2-9-17(14)20(18,19)15-8-7-12-4-3-5-13(12)10-15/h7-8,10,14H,1-6,9H2. The molecule has 0 saturated carbocycles. The molecule has 106 valence electrons. The van der Waals surface area contributed by atoms with Crippen molar-refractivity contribution in [1.82, 2.24) is 4.31 Å². The topological polar surface area (TPSA) is 61.2 Å². The van der Waals surface area contributed by atoms with E-state index in [1.165, 1.54) is 9.87 Å². The van der Waals surface area contributed by atoms with Crippen LogP contribution in [0.4, 0.5) is 0 Å². The lowest BCUT2D eigenvalue weighted by Crippen LogP contribution is -2.42. The summed E-state index contributed by atoms with van der Waals surface area (Å²) in [6.45, 7) is 0.456. The van der Waals surface area contributed by atoms with E-state index in [2.05, 4.69) is 6.07 Å². The van der Waals surface area contributed by atoms with Crippen molar-refractivity contribution in [2.75, 3.05) is 6.54 Å². The number of nitriles is 1. The molecular formula is C15H18N2O2S. The lowest BCUT2D eigenvalue weighted by Gasteiger charge is -2.30. The molecule has 4 nitrogen and oxygen atoms in total. The van der Waals surface area contributed by atoms with E-state index in [-0.39, 0.29) is 0 Å². The third-order valence-electron chi connectivity index (χ3n) is 4.28. The molecule has 1 aliphatic carbocycles. The summed E-state index contributed by atoms with van der Waals surface area (Å²) >= 11 is 0. The van der Waals surface area contributed by atoms with Crippen LogP contribution in [-0.4, -0.2) is 25.3 Å². The van der Waals surface area contributed by atoms with E-state index in [1.807, 2.05) is 6.07 Å². The van der Waals surface area contributed by atoms with Crippen LogP contribution in [0.3, 0.4) is 0 Å². The highest BCUT2D eigenvalue weighted by Crippen LogP contribution is 2.29. The largest absolute Gasteiger partial charge is 0.244 e. The van der Waals surface area contributed by atoms with E-state index in [1.54, 1.807) is 12.1 Å².